The van der Waals surface area contributed by atoms with E-state index < -0.39 is 17.6 Å². The number of aryl methyl sites for hydroxylation is 1. The summed E-state index contributed by atoms with van der Waals surface area (Å²) in [6.45, 7) is 2.61. The van der Waals surface area contributed by atoms with Crippen LogP contribution in [0.25, 0.3) is 0 Å². The number of carbonyl (C=O) groups excluding carboxylic acids is 2. The van der Waals surface area contributed by atoms with Gasteiger partial charge in [0, 0.05) is 25.1 Å². The van der Waals surface area contributed by atoms with Crippen molar-refractivity contribution in [3.8, 4) is 0 Å². The molecule has 1 aliphatic heterocycles. The van der Waals surface area contributed by atoms with Crippen LogP contribution in [-0.4, -0.2) is 36.9 Å². The van der Waals surface area contributed by atoms with Crippen molar-refractivity contribution in [3.63, 3.8) is 0 Å². The standard InChI is InChI=1S/C17H22N2O4/c1-12-6-2-3-7-14(12)19-16(21)15(20)18-10-13-11-22-17(23-13)8-4-5-9-17/h2-3,6-7,13H,4-5,8-11H2,1H3,(H,18,20)(H,19,21). The van der Waals surface area contributed by atoms with Crippen molar-refractivity contribution < 1.29 is 19.1 Å². The third-order valence-corrected chi connectivity index (χ3v) is 4.37. The van der Waals surface area contributed by atoms with Crippen LogP contribution in [-0.2, 0) is 19.1 Å². The molecule has 1 atom stereocenters. The fraction of sp³-hybridized carbons (Fsp3) is 0.529. The molecule has 6 heteroatoms. The molecule has 1 unspecified atom stereocenters. The summed E-state index contributed by atoms with van der Waals surface area (Å²) < 4.78 is 11.7. The fourth-order valence-electron chi connectivity index (χ4n) is 3.07. The second-order valence-electron chi connectivity index (χ2n) is 6.15. The quantitative estimate of drug-likeness (QED) is 0.832. The Bertz CT molecular complexity index is 596. The van der Waals surface area contributed by atoms with Gasteiger partial charge in [-0.1, -0.05) is 18.2 Å². The molecule has 0 radical (unpaired) electrons. The third-order valence-electron chi connectivity index (χ3n) is 4.37. The lowest BCUT2D eigenvalue weighted by Crippen LogP contribution is -2.40. The fourth-order valence-corrected chi connectivity index (χ4v) is 3.07. The lowest BCUT2D eigenvalue weighted by atomic mass is 10.2. The molecule has 124 valence electrons. The number of ether oxygens (including phenoxy) is 2. The minimum Gasteiger partial charge on any atom is -0.347 e. The normalized spacial score (nSPS) is 22.2. The first-order chi connectivity index (χ1) is 11.1. The molecule has 1 spiro atoms. The molecule has 0 bridgehead atoms. The number of anilines is 1. The number of hydrogen-bond acceptors (Lipinski definition) is 4. The van der Waals surface area contributed by atoms with Crippen molar-refractivity contribution in [3.05, 3.63) is 29.8 Å². The second-order valence-corrected chi connectivity index (χ2v) is 6.15. The number of nitrogens with one attached hydrogen (secondary N) is 2. The van der Waals surface area contributed by atoms with Crippen molar-refractivity contribution >= 4 is 17.5 Å². The first-order valence-electron chi connectivity index (χ1n) is 8.05. The Morgan fingerprint density at radius 1 is 1.22 bits per heavy atom. The summed E-state index contributed by atoms with van der Waals surface area (Å²) in [6, 6.07) is 7.32. The average Bonchev–Trinajstić information content (AvgIpc) is 3.17. The summed E-state index contributed by atoms with van der Waals surface area (Å²) in [4.78, 5) is 23.8. The largest absolute Gasteiger partial charge is 0.347 e. The van der Waals surface area contributed by atoms with Crippen LogP contribution in [0.3, 0.4) is 0 Å². The van der Waals surface area contributed by atoms with E-state index >= 15 is 0 Å². The van der Waals surface area contributed by atoms with Gasteiger partial charge < -0.3 is 20.1 Å². The van der Waals surface area contributed by atoms with Gasteiger partial charge in [-0.25, -0.2) is 0 Å². The summed E-state index contributed by atoms with van der Waals surface area (Å²) in [6.07, 6.45) is 3.84. The van der Waals surface area contributed by atoms with Gasteiger partial charge in [0.15, 0.2) is 5.79 Å². The van der Waals surface area contributed by atoms with E-state index in [0.29, 0.717) is 12.3 Å². The smallest absolute Gasteiger partial charge is 0.313 e. The highest BCUT2D eigenvalue weighted by atomic mass is 16.7. The second kappa shape index (κ2) is 6.68. The molecular weight excluding hydrogens is 296 g/mol. The molecule has 2 N–H and O–H groups in total. The highest BCUT2D eigenvalue weighted by Gasteiger charge is 2.43. The van der Waals surface area contributed by atoms with Gasteiger partial charge in [0.05, 0.1) is 6.61 Å². The Labute approximate surface area is 135 Å². The zero-order valence-corrected chi connectivity index (χ0v) is 13.3. The Kier molecular flexibility index (Phi) is 4.63. The number of rotatable bonds is 3. The molecule has 1 aliphatic carbocycles. The van der Waals surface area contributed by atoms with Crippen molar-refractivity contribution in [1.82, 2.24) is 5.32 Å². The maximum absolute atomic E-state index is 11.9. The van der Waals surface area contributed by atoms with E-state index in [1.54, 1.807) is 6.07 Å². The average molecular weight is 318 g/mol. The predicted octanol–water partition coefficient (Wildman–Crippen LogP) is 1.74. The molecule has 1 saturated heterocycles. The van der Waals surface area contributed by atoms with Crippen LogP contribution in [0.15, 0.2) is 24.3 Å². The van der Waals surface area contributed by atoms with Crippen LogP contribution in [0, 0.1) is 6.92 Å². The monoisotopic (exact) mass is 318 g/mol. The lowest BCUT2D eigenvalue weighted by molar-refractivity contribution is -0.161. The molecule has 2 amide bonds. The Hall–Kier alpha value is -1.92. The van der Waals surface area contributed by atoms with Crippen LogP contribution in [0.5, 0.6) is 0 Å². The molecule has 6 nitrogen and oxygen atoms in total. The van der Waals surface area contributed by atoms with Gasteiger partial charge in [0.25, 0.3) is 0 Å². The van der Waals surface area contributed by atoms with E-state index in [4.69, 9.17) is 9.47 Å². The third kappa shape index (κ3) is 3.71. The molecule has 2 aliphatic rings. The van der Waals surface area contributed by atoms with E-state index in [1.165, 1.54) is 0 Å². The van der Waals surface area contributed by atoms with Crippen LogP contribution in [0.2, 0.25) is 0 Å². The van der Waals surface area contributed by atoms with E-state index in [0.717, 1.165) is 31.2 Å². The maximum Gasteiger partial charge on any atom is 0.313 e. The van der Waals surface area contributed by atoms with Crippen LogP contribution in [0.1, 0.15) is 31.2 Å². The SMILES string of the molecule is Cc1ccccc1NC(=O)C(=O)NCC1COC2(CCCC2)O1. The topological polar surface area (TPSA) is 76.7 Å². The summed E-state index contributed by atoms with van der Waals surface area (Å²) in [5.41, 5.74) is 1.54. The number of hydrogen-bond donors (Lipinski definition) is 2. The highest BCUT2D eigenvalue weighted by molar-refractivity contribution is 6.39. The Balaban J connectivity index is 1.46. The van der Waals surface area contributed by atoms with Gasteiger partial charge in [-0.3, -0.25) is 9.59 Å². The molecule has 2 fully saturated rings. The highest BCUT2D eigenvalue weighted by Crippen LogP contribution is 2.38. The first-order valence-corrected chi connectivity index (χ1v) is 8.05. The first kappa shape index (κ1) is 16.0. The van der Waals surface area contributed by atoms with Gasteiger partial charge in [-0.05, 0) is 31.4 Å². The van der Waals surface area contributed by atoms with E-state index in [2.05, 4.69) is 10.6 Å². The summed E-state index contributed by atoms with van der Waals surface area (Å²) in [7, 11) is 0. The molecule has 23 heavy (non-hydrogen) atoms. The van der Waals surface area contributed by atoms with Gasteiger partial charge in [-0.15, -0.1) is 0 Å². The van der Waals surface area contributed by atoms with Crippen LogP contribution >= 0.6 is 0 Å². The molecular formula is C17H22N2O4. The van der Waals surface area contributed by atoms with Crippen LogP contribution in [0.4, 0.5) is 5.69 Å². The molecule has 1 heterocycles. The minimum absolute atomic E-state index is 0.191. The van der Waals surface area contributed by atoms with Crippen molar-refractivity contribution in [2.75, 3.05) is 18.5 Å². The van der Waals surface area contributed by atoms with Crippen molar-refractivity contribution in [1.29, 1.82) is 0 Å². The molecule has 1 aromatic rings. The van der Waals surface area contributed by atoms with Gasteiger partial charge >= 0.3 is 11.8 Å². The number of carbonyl (C=O) groups is 2. The zero-order valence-electron chi connectivity index (χ0n) is 13.3. The number of benzene rings is 1. The van der Waals surface area contributed by atoms with Gasteiger partial charge in [0.2, 0.25) is 0 Å². The van der Waals surface area contributed by atoms with E-state index in [9.17, 15) is 9.59 Å². The molecule has 0 aromatic heterocycles. The lowest BCUT2D eigenvalue weighted by Gasteiger charge is -2.21. The Morgan fingerprint density at radius 2 is 1.96 bits per heavy atom. The maximum atomic E-state index is 11.9. The zero-order chi connectivity index (χ0) is 16.3. The van der Waals surface area contributed by atoms with Gasteiger partial charge in [-0.2, -0.15) is 0 Å². The summed E-state index contributed by atoms with van der Waals surface area (Å²) in [5.74, 6) is -1.78. The minimum atomic E-state index is -0.672. The predicted molar refractivity (Wildman–Crippen MR) is 84.8 cm³/mol. The molecule has 3 rings (SSSR count). The van der Waals surface area contributed by atoms with E-state index in [1.807, 2.05) is 25.1 Å². The van der Waals surface area contributed by atoms with E-state index in [-0.39, 0.29) is 12.6 Å². The molecule has 1 saturated carbocycles. The summed E-state index contributed by atoms with van der Waals surface area (Å²) in [5, 5.41) is 5.23. The van der Waals surface area contributed by atoms with Crippen LogP contribution < -0.4 is 10.6 Å². The van der Waals surface area contributed by atoms with Crippen molar-refractivity contribution in [2.24, 2.45) is 0 Å². The summed E-state index contributed by atoms with van der Waals surface area (Å²) >= 11 is 0. The number of amides is 2. The number of para-hydroxylation sites is 1. The molecule has 1 aromatic carbocycles. The van der Waals surface area contributed by atoms with Crippen molar-refractivity contribution in [2.45, 2.75) is 44.5 Å². The Morgan fingerprint density at radius 3 is 2.70 bits per heavy atom. The van der Waals surface area contributed by atoms with Gasteiger partial charge in [0.1, 0.15) is 6.10 Å².